The zero-order chi connectivity index (χ0) is 15.5. The van der Waals surface area contributed by atoms with Gasteiger partial charge < -0.3 is 10.1 Å². The Morgan fingerprint density at radius 2 is 1.81 bits per heavy atom. The van der Waals surface area contributed by atoms with Gasteiger partial charge >= 0.3 is 0 Å². The summed E-state index contributed by atoms with van der Waals surface area (Å²) >= 11 is 0. The van der Waals surface area contributed by atoms with E-state index in [-0.39, 0.29) is 10.7 Å². The molecule has 0 atom stereocenters. The monoisotopic (exact) mass is 309 g/mol. The Balaban J connectivity index is 2.08. The predicted molar refractivity (Wildman–Crippen MR) is 79.8 cm³/mol. The molecule has 0 saturated carbocycles. The van der Waals surface area contributed by atoms with Crippen molar-refractivity contribution in [2.24, 2.45) is 0 Å². The van der Waals surface area contributed by atoms with Crippen LogP contribution in [0, 0.1) is 5.82 Å². The van der Waals surface area contributed by atoms with Crippen LogP contribution in [-0.2, 0) is 16.4 Å². The maximum absolute atomic E-state index is 13.4. The first-order valence-electron chi connectivity index (χ1n) is 6.26. The second kappa shape index (κ2) is 6.13. The largest absolute Gasteiger partial charge is 0.497 e. The Labute approximate surface area is 123 Å². The fraction of sp³-hybridized carbons (Fsp3) is 0.200. The highest BCUT2D eigenvalue weighted by Gasteiger charge is 2.06. The molecule has 0 aliphatic carbocycles. The molecule has 2 aromatic rings. The lowest BCUT2D eigenvalue weighted by molar-refractivity contribution is 0.410. The molecule has 21 heavy (non-hydrogen) atoms. The van der Waals surface area contributed by atoms with E-state index in [0.29, 0.717) is 12.3 Å². The summed E-state index contributed by atoms with van der Waals surface area (Å²) < 4.78 is 41.1. The van der Waals surface area contributed by atoms with Crippen molar-refractivity contribution in [1.82, 2.24) is 0 Å². The first-order valence-corrected chi connectivity index (χ1v) is 8.15. The quantitative estimate of drug-likeness (QED) is 0.923. The maximum atomic E-state index is 13.4. The number of anilines is 1. The van der Waals surface area contributed by atoms with Crippen LogP contribution in [0.25, 0.3) is 0 Å². The summed E-state index contributed by atoms with van der Waals surface area (Å²) in [6.45, 7) is 0.409. The molecule has 0 fully saturated rings. The first kappa shape index (κ1) is 15.3. The van der Waals surface area contributed by atoms with Gasteiger partial charge in [-0.25, -0.2) is 12.8 Å². The van der Waals surface area contributed by atoms with Crippen LogP contribution < -0.4 is 10.1 Å². The molecule has 0 amide bonds. The molecule has 2 rings (SSSR count). The molecule has 0 aliphatic rings. The van der Waals surface area contributed by atoms with Crippen molar-refractivity contribution in [3.63, 3.8) is 0 Å². The Morgan fingerprint density at radius 3 is 2.38 bits per heavy atom. The third-order valence-electron chi connectivity index (χ3n) is 2.95. The topological polar surface area (TPSA) is 55.4 Å². The third-order valence-corrected chi connectivity index (χ3v) is 4.07. The summed E-state index contributed by atoms with van der Waals surface area (Å²) in [6.07, 6.45) is 1.16. The van der Waals surface area contributed by atoms with Gasteiger partial charge in [0.25, 0.3) is 0 Å². The molecule has 112 valence electrons. The molecule has 0 radical (unpaired) electrons. The number of methoxy groups -OCH3 is 1. The van der Waals surface area contributed by atoms with Gasteiger partial charge in [-0.2, -0.15) is 0 Å². The summed E-state index contributed by atoms with van der Waals surface area (Å²) in [5.41, 5.74) is 1.49. The summed E-state index contributed by atoms with van der Waals surface area (Å²) in [5.74, 6) is 0.0952. The molecule has 6 heteroatoms. The summed E-state index contributed by atoms with van der Waals surface area (Å²) in [7, 11) is -1.71. The van der Waals surface area contributed by atoms with Crippen molar-refractivity contribution in [1.29, 1.82) is 0 Å². The fourth-order valence-electron chi connectivity index (χ4n) is 1.86. The number of rotatable bonds is 5. The van der Waals surface area contributed by atoms with E-state index >= 15 is 0 Å². The van der Waals surface area contributed by atoms with Crippen molar-refractivity contribution < 1.29 is 17.5 Å². The lowest BCUT2D eigenvalue weighted by Gasteiger charge is -2.09. The molecule has 2 aromatic carbocycles. The highest BCUT2D eigenvalue weighted by atomic mass is 32.2. The summed E-state index contributed by atoms with van der Waals surface area (Å²) in [6, 6.07) is 10.9. The second-order valence-corrected chi connectivity index (χ2v) is 6.67. The number of halogens is 1. The lowest BCUT2D eigenvalue weighted by atomic mass is 10.2. The van der Waals surface area contributed by atoms with Crippen LogP contribution >= 0.6 is 0 Å². The van der Waals surface area contributed by atoms with E-state index in [1.165, 1.54) is 31.4 Å². The Kier molecular flexibility index (Phi) is 4.47. The average molecular weight is 309 g/mol. The summed E-state index contributed by atoms with van der Waals surface area (Å²) in [4.78, 5) is 0.264. The van der Waals surface area contributed by atoms with E-state index < -0.39 is 9.84 Å². The van der Waals surface area contributed by atoms with E-state index in [2.05, 4.69) is 5.32 Å². The number of ether oxygens (including phenoxy) is 1. The highest BCUT2D eigenvalue weighted by molar-refractivity contribution is 7.90. The van der Waals surface area contributed by atoms with E-state index in [1.54, 1.807) is 18.2 Å². The van der Waals surface area contributed by atoms with Crippen molar-refractivity contribution in [2.75, 3.05) is 18.7 Å². The summed E-state index contributed by atoms with van der Waals surface area (Å²) in [5, 5.41) is 3.10. The van der Waals surface area contributed by atoms with Crippen LogP contribution in [0.15, 0.2) is 47.4 Å². The van der Waals surface area contributed by atoms with Gasteiger partial charge in [0.2, 0.25) is 0 Å². The van der Waals surface area contributed by atoms with Crippen LogP contribution in [0.3, 0.4) is 0 Å². The molecular weight excluding hydrogens is 293 g/mol. The maximum Gasteiger partial charge on any atom is 0.175 e. The van der Waals surface area contributed by atoms with Gasteiger partial charge in [0, 0.05) is 24.6 Å². The minimum absolute atomic E-state index is 0.264. The highest BCUT2D eigenvalue weighted by Crippen LogP contribution is 2.18. The van der Waals surface area contributed by atoms with Gasteiger partial charge in [-0.05, 0) is 42.0 Å². The van der Waals surface area contributed by atoms with Gasteiger partial charge in [-0.3, -0.25) is 0 Å². The van der Waals surface area contributed by atoms with Crippen LogP contribution in [0.5, 0.6) is 5.75 Å². The van der Waals surface area contributed by atoms with Crippen molar-refractivity contribution in [3.05, 3.63) is 53.8 Å². The zero-order valence-corrected chi connectivity index (χ0v) is 12.6. The molecule has 0 aromatic heterocycles. The van der Waals surface area contributed by atoms with Gasteiger partial charge in [-0.1, -0.05) is 0 Å². The minimum atomic E-state index is -3.20. The molecule has 4 nitrogen and oxygen atoms in total. The molecular formula is C15H16FNO3S. The van der Waals surface area contributed by atoms with Crippen LogP contribution in [0.4, 0.5) is 10.1 Å². The van der Waals surface area contributed by atoms with Gasteiger partial charge in [-0.15, -0.1) is 0 Å². The Hall–Kier alpha value is -2.08. The smallest absolute Gasteiger partial charge is 0.175 e. The van der Waals surface area contributed by atoms with Crippen molar-refractivity contribution >= 4 is 15.5 Å². The number of sulfone groups is 1. The normalized spacial score (nSPS) is 11.2. The molecule has 0 bridgehead atoms. The van der Waals surface area contributed by atoms with E-state index in [0.717, 1.165) is 17.5 Å². The Bertz CT molecular complexity index is 727. The van der Waals surface area contributed by atoms with Gasteiger partial charge in [0.05, 0.1) is 12.0 Å². The van der Waals surface area contributed by atoms with Crippen molar-refractivity contribution in [2.45, 2.75) is 11.4 Å². The molecule has 1 N–H and O–H groups in total. The Morgan fingerprint density at radius 1 is 1.14 bits per heavy atom. The number of benzene rings is 2. The van der Waals surface area contributed by atoms with Crippen LogP contribution in [0.2, 0.25) is 0 Å². The first-order chi connectivity index (χ1) is 9.88. The molecule has 0 spiro atoms. The van der Waals surface area contributed by atoms with Crippen LogP contribution in [0.1, 0.15) is 5.56 Å². The average Bonchev–Trinajstić information content (AvgIpc) is 2.44. The zero-order valence-electron chi connectivity index (χ0n) is 11.8. The number of hydrogen-bond donors (Lipinski definition) is 1. The number of hydrogen-bond acceptors (Lipinski definition) is 4. The minimum Gasteiger partial charge on any atom is -0.497 e. The lowest BCUT2D eigenvalue weighted by Crippen LogP contribution is -2.01. The molecule has 0 heterocycles. The van der Waals surface area contributed by atoms with E-state index in [4.69, 9.17) is 4.74 Å². The molecule has 0 aliphatic heterocycles. The predicted octanol–water partition coefficient (Wildman–Crippen LogP) is 2.85. The van der Waals surface area contributed by atoms with Gasteiger partial charge in [0.15, 0.2) is 9.84 Å². The standard InChI is InChI=1S/C15H16FNO3S/c1-20-14-8-11(7-12(16)9-14)10-17-13-3-5-15(6-4-13)21(2,18)19/h3-9,17H,10H2,1-2H3. The number of nitrogens with one attached hydrogen (secondary N) is 1. The second-order valence-electron chi connectivity index (χ2n) is 4.65. The molecule has 0 unspecified atom stereocenters. The van der Waals surface area contributed by atoms with Crippen molar-refractivity contribution in [3.8, 4) is 5.75 Å². The van der Waals surface area contributed by atoms with Crippen LogP contribution in [-0.4, -0.2) is 21.8 Å². The van der Waals surface area contributed by atoms with E-state index in [1.807, 2.05) is 0 Å². The van der Waals surface area contributed by atoms with E-state index in [9.17, 15) is 12.8 Å². The fourth-order valence-corrected chi connectivity index (χ4v) is 2.50. The SMILES string of the molecule is COc1cc(F)cc(CNc2ccc(S(C)(=O)=O)cc2)c1. The molecule has 0 saturated heterocycles. The van der Waals surface area contributed by atoms with Gasteiger partial charge in [0.1, 0.15) is 11.6 Å². The third kappa shape index (κ3) is 4.19.